The molecule has 71 heavy (non-hydrogen) atoms. The standard InChI is InChI=1S/C28H38N6O5S.C19H20ClN5O4S.CH4/c1-28(2,35)21-8-10-33(11-9-21)18-19-6-5-7-22-24(19)30-27(34-12-14-39-15-13-34)31-25(22)20-16-23(32-40(4,36)37)26(38-3)29-17-20;1-28-18-15(24-30(2,26)27)10-12(11-21-18)16-13-4-3-5-14(20)17(13)23-19(22-16)25-6-8-29-9-7-25;/h5-7,16-17,21,32,35H,8-15,18H2,1-4H3;3-5,10-11,24H,6-9H2,1-2H3;1H4. The number of ether oxygens (including phenoxy) is 4. The van der Waals surface area contributed by atoms with Crippen molar-refractivity contribution in [3.8, 4) is 34.3 Å². The molecule has 4 aromatic heterocycles. The maximum absolute atomic E-state index is 12.0. The predicted molar refractivity (Wildman–Crippen MR) is 278 cm³/mol. The number of hydrogen-bond acceptors (Lipinski definition) is 18. The summed E-state index contributed by atoms with van der Waals surface area (Å²) in [5, 5.41) is 12.6. The van der Waals surface area contributed by atoms with Gasteiger partial charge in [0.15, 0.2) is 0 Å². The van der Waals surface area contributed by atoms with Crippen LogP contribution >= 0.6 is 11.6 Å². The van der Waals surface area contributed by atoms with Crippen LogP contribution in [0.4, 0.5) is 23.3 Å². The van der Waals surface area contributed by atoms with Gasteiger partial charge in [0, 0.05) is 67.0 Å². The van der Waals surface area contributed by atoms with Crippen molar-refractivity contribution in [3.63, 3.8) is 0 Å². The number of pyridine rings is 2. The molecule has 23 heteroatoms. The van der Waals surface area contributed by atoms with E-state index in [1.165, 1.54) is 14.2 Å². The fourth-order valence-electron chi connectivity index (χ4n) is 8.76. The number of aromatic nitrogens is 6. The van der Waals surface area contributed by atoms with Crippen LogP contribution in [0.2, 0.25) is 5.02 Å². The number of nitrogens with one attached hydrogen (secondary N) is 2. The first-order valence-corrected chi connectivity index (χ1v) is 26.9. The zero-order valence-electron chi connectivity index (χ0n) is 40.0. The molecular weight excluding hydrogens is 974 g/mol. The van der Waals surface area contributed by atoms with E-state index >= 15 is 0 Å². The zero-order valence-corrected chi connectivity index (χ0v) is 42.4. The summed E-state index contributed by atoms with van der Waals surface area (Å²) in [6.45, 7) is 11.4. The zero-order chi connectivity index (χ0) is 49.8. The number of sulfonamides is 2. The summed E-state index contributed by atoms with van der Waals surface area (Å²) in [5.41, 5.74) is 4.86. The number of morpholine rings is 2. The maximum Gasteiger partial charge on any atom is 0.238 e. The van der Waals surface area contributed by atoms with Gasteiger partial charge < -0.3 is 33.9 Å². The predicted octanol–water partition coefficient (Wildman–Crippen LogP) is 6.09. The summed E-state index contributed by atoms with van der Waals surface area (Å²) < 4.78 is 74.1. The van der Waals surface area contributed by atoms with E-state index in [-0.39, 0.29) is 36.5 Å². The number of anilines is 4. The minimum Gasteiger partial charge on any atom is -0.480 e. The highest BCUT2D eigenvalue weighted by Gasteiger charge is 2.31. The van der Waals surface area contributed by atoms with Gasteiger partial charge in [0.05, 0.1) is 86.2 Å². The van der Waals surface area contributed by atoms with Crippen LogP contribution in [0.25, 0.3) is 44.3 Å². The lowest BCUT2D eigenvalue weighted by Crippen LogP contribution is -2.41. The third kappa shape index (κ3) is 13.0. The van der Waals surface area contributed by atoms with Gasteiger partial charge in [0.2, 0.25) is 43.7 Å². The highest BCUT2D eigenvalue weighted by molar-refractivity contribution is 7.92. The average Bonchev–Trinajstić information content (AvgIpc) is 3.33. The molecule has 0 amide bonds. The van der Waals surface area contributed by atoms with Gasteiger partial charge in [-0.3, -0.25) is 14.3 Å². The van der Waals surface area contributed by atoms with E-state index in [9.17, 15) is 21.9 Å². The molecule has 2 aromatic carbocycles. The smallest absolute Gasteiger partial charge is 0.238 e. The maximum atomic E-state index is 12.0. The van der Waals surface area contributed by atoms with Gasteiger partial charge in [-0.05, 0) is 69.5 Å². The van der Waals surface area contributed by atoms with E-state index < -0.39 is 25.6 Å². The lowest BCUT2D eigenvalue weighted by atomic mass is 9.83. The Morgan fingerprint density at radius 3 is 1.61 bits per heavy atom. The molecular formula is C48H62ClN11O9S2. The Morgan fingerprint density at radius 2 is 1.15 bits per heavy atom. The molecule has 3 fully saturated rings. The Kier molecular flexibility index (Phi) is 16.7. The van der Waals surface area contributed by atoms with Gasteiger partial charge in [0.1, 0.15) is 11.4 Å². The Morgan fingerprint density at radius 1 is 0.704 bits per heavy atom. The van der Waals surface area contributed by atoms with Crippen LogP contribution in [0.15, 0.2) is 60.9 Å². The summed E-state index contributed by atoms with van der Waals surface area (Å²) in [4.78, 5) is 34.7. The van der Waals surface area contributed by atoms with Crippen molar-refractivity contribution < 1.29 is 40.9 Å². The summed E-state index contributed by atoms with van der Waals surface area (Å²) in [7, 11) is -4.22. The summed E-state index contributed by atoms with van der Waals surface area (Å²) in [6.07, 6.45) is 7.27. The Balaban J connectivity index is 0.000000214. The second-order valence-corrected chi connectivity index (χ2v) is 21.8. The van der Waals surface area contributed by atoms with Crippen LogP contribution in [0.5, 0.6) is 11.8 Å². The lowest BCUT2D eigenvalue weighted by Gasteiger charge is -2.37. The monoisotopic (exact) mass is 1040 g/mol. The van der Waals surface area contributed by atoms with Crippen LogP contribution in [0.3, 0.4) is 0 Å². The molecule has 0 unspecified atom stereocenters. The number of likely N-dealkylation sites (tertiary alicyclic amines) is 1. The highest BCUT2D eigenvalue weighted by atomic mass is 35.5. The molecule has 382 valence electrons. The minimum atomic E-state index is -3.56. The normalized spacial score (nSPS) is 16.2. The van der Waals surface area contributed by atoms with Gasteiger partial charge in [0.25, 0.3) is 0 Å². The first kappa shape index (κ1) is 53.1. The lowest BCUT2D eigenvalue weighted by molar-refractivity contribution is -0.0135. The van der Waals surface area contributed by atoms with E-state index in [2.05, 4.69) is 40.3 Å². The van der Waals surface area contributed by atoms with Crippen molar-refractivity contribution in [1.29, 1.82) is 0 Å². The summed E-state index contributed by atoms with van der Waals surface area (Å²) in [6, 6.07) is 14.9. The first-order chi connectivity index (χ1) is 33.4. The number of hydrogen-bond donors (Lipinski definition) is 3. The van der Waals surface area contributed by atoms with Crippen molar-refractivity contribution in [2.45, 2.75) is 46.3 Å². The number of nitrogens with zero attached hydrogens (tertiary/aromatic N) is 9. The minimum absolute atomic E-state index is 0. The van der Waals surface area contributed by atoms with E-state index in [0.717, 1.165) is 66.8 Å². The summed E-state index contributed by atoms with van der Waals surface area (Å²) in [5.74, 6) is 1.76. The topological polar surface area (TPSA) is 237 Å². The number of para-hydroxylation sites is 2. The van der Waals surface area contributed by atoms with Crippen molar-refractivity contribution in [2.24, 2.45) is 5.92 Å². The Hall–Kier alpha value is -5.75. The van der Waals surface area contributed by atoms with Gasteiger partial charge in [-0.2, -0.15) is 0 Å². The fraction of sp³-hybridized carbons (Fsp3) is 0.458. The molecule has 0 spiro atoms. The average molecular weight is 1040 g/mol. The van der Waals surface area contributed by atoms with E-state index in [1.54, 1.807) is 30.6 Å². The third-order valence-corrected chi connectivity index (χ3v) is 13.7. The van der Waals surface area contributed by atoms with Gasteiger partial charge >= 0.3 is 0 Å². The number of halogens is 1. The molecule has 0 atom stereocenters. The number of piperidine rings is 1. The number of aliphatic hydroxyl groups is 1. The van der Waals surface area contributed by atoms with Crippen molar-refractivity contribution in [2.75, 3.05) is 112 Å². The molecule has 7 heterocycles. The second kappa shape index (κ2) is 22.3. The van der Waals surface area contributed by atoms with Gasteiger partial charge in [-0.25, -0.2) is 46.7 Å². The molecule has 9 rings (SSSR count). The van der Waals surface area contributed by atoms with Crippen molar-refractivity contribution >= 4 is 76.7 Å². The largest absolute Gasteiger partial charge is 0.480 e. The van der Waals surface area contributed by atoms with Crippen LogP contribution in [0.1, 0.15) is 39.7 Å². The molecule has 3 aliphatic rings. The molecule has 0 aliphatic carbocycles. The van der Waals surface area contributed by atoms with Gasteiger partial charge in [-0.1, -0.05) is 49.4 Å². The molecule has 0 bridgehead atoms. The second-order valence-electron chi connectivity index (χ2n) is 17.9. The molecule has 6 aromatic rings. The number of methoxy groups -OCH3 is 2. The third-order valence-electron chi connectivity index (χ3n) is 12.3. The van der Waals surface area contributed by atoms with Crippen LogP contribution in [0, 0.1) is 5.92 Å². The molecule has 0 radical (unpaired) electrons. The highest BCUT2D eigenvalue weighted by Crippen LogP contribution is 2.37. The van der Waals surface area contributed by atoms with Crippen molar-refractivity contribution in [1.82, 2.24) is 34.8 Å². The Labute approximate surface area is 420 Å². The first-order valence-electron chi connectivity index (χ1n) is 22.8. The van der Waals surface area contributed by atoms with Crippen molar-refractivity contribution in [3.05, 3.63) is 71.5 Å². The number of fused-ring (bicyclic) bond motifs is 2. The number of rotatable bonds is 13. The summed E-state index contributed by atoms with van der Waals surface area (Å²) >= 11 is 6.43. The van der Waals surface area contributed by atoms with E-state index in [1.807, 2.05) is 43.0 Å². The number of benzene rings is 2. The van der Waals surface area contributed by atoms with E-state index in [0.29, 0.717) is 97.6 Å². The van der Waals surface area contributed by atoms with Gasteiger partial charge in [-0.15, -0.1) is 0 Å². The fourth-order valence-corrected chi connectivity index (χ4v) is 10.1. The molecule has 0 saturated carbocycles. The van der Waals surface area contributed by atoms with Crippen LogP contribution in [-0.4, -0.2) is 155 Å². The quantitative estimate of drug-likeness (QED) is 0.119. The Bertz CT molecular complexity index is 3070. The molecule has 20 nitrogen and oxygen atoms in total. The van der Waals surface area contributed by atoms with Crippen LogP contribution < -0.4 is 28.7 Å². The van der Waals surface area contributed by atoms with E-state index in [4.69, 9.17) is 45.5 Å². The molecule has 3 N–H and O–H groups in total. The molecule has 3 aliphatic heterocycles. The molecule has 3 saturated heterocycles. The van der Waals surface area contributed by atoms with Crippen LogP contribution in [-0.2, 0) is 36.1 Å². The SMILES string of the molecule is C.COc1ncc(-c2nc(N3CCOCC3)nc3c(CN4CCC(C(C)(C)O)CC4)cccc23)cc1NS(C)(=O)=O.COc1ncc(-c2nc(N3CCOCC3)nc3c(Cl)cccc23)cc1NS(C)(=O)=O.